The predicted octanol–water partition coefficient (Wildman–Crippen LogP) is 1.90. The van der Waals surface area contributed by atoms with Crippen LogP contribution in [0.5, 0.6) is 0 Å². The normalized spacial score (nSPS) is 26.8. The van der Waals surface area contributed by atoms with Crippen molar-refractivity contribution in [3.05, 3.63) is 18.0 Å². The van der Waals surface area contributed by atoms with Gasteiger partial charge in [-0.2, -0.15) is 5.10 Å². The van der Waals surface area contributed by atoms with Crippen LogP contribution in [0.4, 0.5) is 0 Å². The lowest BCUT2D eigenvalue weighted by Crippen LogP contribution is -2.39. The van der Waals surface area contributed by atoms with E-state index >= 15 is 0 Å². The standard InChI is InChI=1S/C16H26N4O/c21-16(6-5-13-3-1-8-17-11-13)20-10-2-4-14(12-20)15-7-9-18-19-15/h7,9,13-14,17H,1-6,8,10-12H2,(H,18,19). The zero-order valence-corrected chi connectivity index (χ0v) is 12.7. The number of piperidine rings is 2. The number of carbonyl (C=O) groups is 1. The Labute approximate surface area is 126 Å². The van der Waals surface area contributed by atoms with Crippen LogP contribution in [0, 0.1) is 5.92 Å². The third-order valence-electron chi connectivity index (χ3n) is 4.90. The molecule has 0 bridgehead atoms. The molecule has 3 rings (SSSR count). The average molecular weight is 290 g/mol. The van der Waals surface area contributed by atoms with Crippen molar-refractivity contribution in [2.45, 2.75) is 44.4 Å². The maximum absolute atomic E-state index is 12.4. The number of aromatic amines is 1. The van der Waals surface area contributed by atoms with Crippen molar-refractivity contribution in [2.75, 3.05) is 26.2 Å². The second kappa shape index (κ2) is 7.07. The Bertz CT molecular complexity index is 439. The molecule has 1 aromatic heterocycles. The minimum Gasteiger partial charge on any atom is -0.342 e. The molecule has 2 unspecified atom stereocenters. The summed E-state index contributed by atoms with van der Waals surface area (Å²) in [6.45, 7) is 4.00. The molecule has 2 N–H and O–H groups in total. The molecule has 2 saturated heterocycles. The van der Waals surface area contributed by atoms with Gasteiger partial charge in [-0.1, -0.05) is 0 Å². The number of hydrogen-bond acceptors (Lipinski definition) is 3. The molecule has 2 atom stereocenters. The van der Waals surface area contributed by atoms with Crippen molar-refractivity contribution < 1.29 is 4.79 Å². The van der Waals surface area contributed by atoms with E-state index in [0.717, 1.165) is 45.4 Å². The number of rotatable bonds is 4. The molecule has 3 heterocycles. The van der Waals surface area contributed by atoms with Crippen LogP contribution in [-0.2, 0) is 4.79 Å². The van der Waals surface area contributed by atoms with Crippen LogP contribution in [0.15, 0.2) is 12.3 Å². The fourth-order valence-electron chi connectivity index (χ4n) is 3.61. The monoisotopic (exact) mass is 290 g/mol. The van der Waals surface area contributed by atoms with Gasteiger partial charge in [-0.15, -0.1) is 0 Å². The molecule has 0 saturated carbocycles. The van der Waals surface area contributed by atoms with Crippen molar-refractivity contribution in [3.63, 3.8) is 0 Å². The van der Waals surface area contributed by atoms with Crippen molar-refractivity contribution in [1.82, 2.24) is 20.4 Å². The summed E-state index contributed by atoms with van der Waals surface area (Å²) in [4.78, 5) is 14.5. The summed E-state index contributed by atoms with van der Waals surface area (Å²) in [5, 5.41) is 10.5. The first-order valence-corrected chi connectivity index (χ1v) is 8.30. The summed E-state index contributed by atoms with van der Waals surface area (Å²) in [6, 6.07) is 2.03. The van der Waals surface area contributed by atoms with Crippen LogP contribution in [0.2, 0.25) is 0 Å². The zero-order valence-electron chi connectivity index (χ0n) is 12.7. The Morgan fingerprint density at radius 2 is 2.33 bits per heavy atom. The molecule has 0 aliphatic carbocycles. The second-order valence-corrected chi connectivity index (χ2v) is 6.44. The first kappa shape index (κ1) is 14.6. The minimum atomic E-state index is 0.338. The number of amides is 1. The van der Waals surface area contributed by atoms with E-state index in [1.54, 1.807) is 6.20 Å². The van der Waals surface area contributed by atoms with Crippen LogP contribution >= 0.6 is 0 Å². The Hall–Kier alpha value is -1.36. The summed E-state index contributed by atoms with van der Waals surface area (Å²) in [7, 11) is 0. The number of aromatic nitrogens is 2. The third kappa shape index (κ3) is 3.84. The third-order valence-corrected chi connectivity index (χ3v) is 4.90. The lowest BCUT2D eigenvalue weighted by atomic mass is 9.92. The van der Waals surface area contributed by atoms with Crippen molar-refractivity contribution >= 4 is 5.91 Å². The Kier molecular flexibility index (Phi) is 4.91. The number of likely N-dealkylation sites (tertiary alicyclic amines) is 1. The maximum atomic E-state index is 12.4. The van der Waals surface area contributed by atoms with E-state index in [-0.39, 0.29) is 0 Å². The van der Waals surface area contributed by atoms with Gasteiger partial charge in [-0.25, -0.2) is 0 Å². The van der Waals surface area contributed by atoms with Gasteiger partial charge < -0.3 is 10.2 Å². The van der Waals surface area contributed by atoms with Gasteiger partial charge in [-0.3, -0.25) is 9.89 Å². The molecule has 1 aromatic rings. The summed E-state index contributed by atoms with van der Waals surface area (Å²) in [5.41, 5.74) is 1.17. The minimum absolute atomic E-state index is 0.338. The zero-order chi connectivity index (χ0) is 14.5. The Morgan fingerprint density at radius 3 is 3.10 bits per heavy atom. The topological polar surface area (TPSA) is 61.0 Å². The highest BCUT2D eigenvalue weighted by Gasteiger charge is 2.26. The van der Waals surface area contributed by atoms with E-state index in [1.807, 2.05) is 6.07 Å². The molecule has 2 fully saturated rings. The van der Waals surface area contributed by atoms with E-state index in [2.05, 4.69) is 20.4 Å². The van der Waals surface area contributed by atoms with E-state index in [1.165, 1.54) is 18.5 Å². The van der Waals surface area contributed by atoms with Crippen LogP contribution < -0.4 is 5.32 Å². The lowest BCUT2D eigenvalue weighted by Gasteiger charge is -2.33. The maximum Gasteiger partial charge on any atom is 0.222 e. The number of carbonyl (C=O) groups excluding carboxylic acids is 1. The van der Waals surface area contributed by atoms with Crippen molar-refractivity contribution in [2.24, 2.45) is 5.92 Å². The SMILES string of the molecule is O=C(CCC1CCCNC1)N1CCCC(c2ccn[nH]2)C1. The highest BCUT2D eigenvalue weighted by molar-refractivity contribution is 5.76. The Balaban J connectivity index is 1.47. The quantitative estimate of drug-likeness (QED) is 0.890. The van der Waals surface area contributed by atoms with Gasteiger partial charge in [0.25, 0.3) is 0 Å². The van der Waals surface area contributed by atoms with Gasteiger partial charge >= 0.3 is 0 Å². The molecule has 2 aliphatic rings. The second-order valence-electron chi connectivity index (χ2n) is 6.44. The van der Waals surface area contributed by atoms with Crippen LogP contribution in [0.1, 0.15) is 50.1 Å². The molecule has 2 aliphatic heterocycles. The first-order chi connectivity index (χ1) is 10.3. The number of hydrogen-bond donors (Lipinski definition) is 2. The fourth-order valence-corrected chi connectivity index (χ4v) is 3.61. The molecule has 0 spiro atoms. The largest absolute Gasteiger partial charge is 0.342 e. The van der Waals surface area contributed by atoms with Gasteiger partial charge in [-0.05, 0) is 57.2 Å². The summed E-state index contributed by atoms with van der Waals surface area (Å²) in [6.07, 6.45) is 8.33. The molecule has 0 radical (unpaired) electrons. The molecule has 5 heteroatoms. The summed E-state index contributed by atoms with van der Waals surface area (Å²) < 4.78 is 0. The number of nitrogens with one attached hydrogen (secondary N) is 2. The molecule has 116 valence electrons. The summed E-state index contributed by atoms with van der Waals surface area (Å²) >= 11 is 0. The van der Waals surface area contributed by atoms with E-state index in [4.69, 9.17) is 0 Å². The van der Waals surface area contributed by atoms with Gasteiger partial charge in [0.1, 0.15) is 0 Å². The molecular weight excluding hydrogens is 264 g/mol. The van der Waals surface area contributed by atoms with Gasteiger partial charge in [0.05, 0.1) is 0 Å². The fraction of sp³-hybridized carbons (Fsp3) is 0.750. The van der Waals surface area contributed by atoms with Gasteiger partial charge in [0.15, 0.2) is 0 Å². The molecular formula is C16H26N4O. The van der Waals surface area contributed by atoms with Crippen molar-refractivity contribution in [3.8, 4) is 0 Å². The van der Waals surface area contributed by atoms with E-state index in [9.17, 15) is 4.79 Å². The molecule has 21 heavy (non-hydrogen) atoms. The number of nitrogens with zero attached hydrogens (tertiary/aromatic N) is 2. The van der Waals surface area contributed by atoms with Crippen LogP contribution in [-0.4, -0.2) is 47.2 Å². The van der Waals surface area contributed by atoms with E-state index in [0.29, 0.717) is 24.2 Å². The van der Waals surface area contributed by atoms with Crippen molar-refractivity contribution in [1.29, 1.82) is 0 Å². The smallest absolute Gasteiger partial charge is 0.222 e. The lowest BCUT2D eigenvalue weighted by molar-refractivity contribution is -0.132. The molecule has 0 aromatic carbocycles. The van der Waals surface area contributed by atoms with Gasteiger partial charge in [0.2, 0.25) is 5.91 Å². The molecule has 5 nitrogen and oxygen atoms in total. The highest BCUT2D eigenvalue weighted by atomic mass is 16.2. The predicted molar refractivity (Wildman–Crippen MR) is 82.0 cm³/mol. The van der Waals surface area contributed by atoms with Crippen LogP contribution in [0.3, 0.4) is 0 Å². The summed E-state index contributed by atoms with van der Waals surface area (Å²) in [5.74, 6) is 1.46. The Morgan fingerprint density at radius 1 is 1.38 bits per heavy atom. The van der Waals surface area contributed by atoms with Crippen LogP contribution in [0.25, 0.3) is 0 Å². The van der Waals surface area contributed by atoms with Gasteiger partial charge in [0, 0.05) is 37.3 Å². The molecule has 1 amide bonds. The highest BCUT2D eigenvalue weighted by Crippen LogP contribution is 2.26. The average Bonchev–Trinajstić information content (AvgIpc) is 3.08. The van der Waals surface area contributed by atoms with E-state index < -0.39 is 0 Å². The first-order valence-electron chi connectivity index (χ1n) is 8.30. The number of H-pyrrole nitrogens is 1.